The Morgan fingerprint density at radius 2 is 1.82 bits per heavy atom. The summed E-state index contributed by atoms with van der Waals surface area (Å²) in [5, 5.41) is 0. The first-order valence-corrected chi connectivity index (χ1v) is 6.33. The van der Waals surface area contributed by atoms with Crippen molar-refractivity contribution in [3.8, 4) is 11.5 Å². The van der Waals surface area contributed by atoms with Crippen molar-refractivity contribution >= 4 is 11.8 Å². The molecular weight excluding hydrogens is 290 g/mol. The Kier molecular flexibility index (Phi) is 3.48. The maximum Gasteiger partial charge on any atom is 0.275 e. The highest BCUT2D eigenvalue weighted by atomic mass is 16.7. The molecule has 3 rings (SSSR count). The molecule has 0 aliphatic carbocycles. The third kappa shape index (κ3) is 2.62. The molecule has 112 valence electrons. The number of pyridine rings is 1. The van der Waals surface area contributed by atoms with Crippen molar-refractivity contribution in [2.24, 2.45) is 0 Å². The fourth-order valence-electron chi connectivity index (χ4n) is 1.89. The van der Waals surface area contributed by atoms with Gasteiger partial charge in [0.2, 0.25) is 6.79 Å². The van der Waals surface area contributed by atoms with E-state index in [1.807, 2.05) is 0 Å². The normalized spacial score (nSPS) is 11.8. The van der Waals surface area contributed by atoms with E-state index in [0.29, 0.717) is 11.5 Å². The number of carbonyl (C=O) groups excluding carboxylic acids is 2. The number of carbonyl (C=O) groups is 2. The largest absolute Gasteiger partial charge is 0.454 e. The van der Waals surface area contributed by atoms with Crippen LogP contribution >= 0.6 is 0 Å². The Morgan fingerprint density at radius 1 is 1.05 bits per heavy atom. The lowest BCUT2D eigenvalue weighted by Crippen LogP contribution is -2.43. The lowest BCUT2D eigenvalue weighted by Gasteiger charge is -2.07. The maximum atomic E-state index is 12.0. The molecule has 1 aliphatic rings. The van der Waals surface area contributed by atoms with Gasteiger partial charge >= 0.3 is 0 Å². The predicted octanol–water partition coefficient (Wildman–Crippen LogP) is 0.178. The Hall–Kier alpha value is -3.29. The molecule has 8 nitrogen and oxygen atoms in total. The van der Waals surface area contributed by atoms with Crippen molar-refractivity contribution in [3.05, 3.63) is 58.0 Å². The number of nitrogens with one attached hydrogen (secondary N) is 3. The smallest absolute Gasteiger partial charge is 0.275 e. The molecule has 0 bridgehead atoms. The van der Waals surface area contributed by atoms with Crippen LogP contribution in [0, 0.1) is 0 Å². The van der Waals surface area contributed by atoms with Gasteiger partial charge in [-0.2, -0.15) is 0 Å². The van der Waals surface area contributed by atoms with E-state index < -0.39 is 17.4 Å². The molecule has 1 aromatic heterocycles. The van der Waals surface area contributed by atoms with Gasteiger partial charge in [0.25, 0.3) is 17.4 Å². The Balaban J connectivity index is 1.66. The van der Waals surface area contributed by atoms with Crippen LogP contribution in [0.15, 0.2) is 41.3 Å². The summed E-state index contributed by atoms with van der Waals surface area (Å²) >= 11 is 0. The highest BCUT2D eigenvalue weighted by molar-refractivity contribution is 5.99. The Morgan fingerprint density at radius 3 is 2.64 bits per heavy atom. The van der Waals surface area contributed by atoms with E-state index in [9.17, 15) is 14.4 Å². The Labute approximate surface area is 124 Å². The predicted molar refractivity (Wildman–Crippen MR) is 74.6 cm³/mol. The van der Waals surface area contributed by atoms with Crippen molar-refractivity contribution < 1.29 is 19.1 Å². The zero-order valence-electron chi connectivity index (χ0n) is 11.2. The number of amides is 2. The first-order chi connectivity index (χ1) is 10.6. The van der Waals surface area contributed by atoms with Gasteiger partial charge in [0.15, 0.2) is 11.5 Å². The molecule has 0 saturated heterocycles. The number of aromatic nitrogens is 1. The van der Waals surface area contributed by atoms with Gasteiger partial charge in [-0.1, -0.05) is 0 Å². The number of ether oxygens (including phenoxy) is 2. The first kappa shape index (κ1) is 13.7. The molecular formula is C14H11N3O5. The van der Waals surface area contributed by atoms with Gasteiger partial charge in [-0.3, -0.25) is 25.2 Å². The number of rotatable bonds is 2. The monoisotopic (exact) mass is 301 g/mol. The minimum absolute atomic E-state index is 0.103. The van der Waals surface area contributed by atoms with E-state index in [0.717, 1.165) is 0 Å². The second kappa shape index (κ2) is 5.60. The summed E-state index contributed by atoms with van der Waals surface area (Å²) in [5.41, 5.74) is 4.04. The van der Waals surface area contributed by atoms with Gasteiger partial charge in [-0.05, 0) is 30.3 Å². The van der Waals surface area contributed by atoms with Crippen LogP contribution in [0.2, 0.25) is 0 Å². The molecule has 3 N–H and O–H groups in total. The summed E-state index contributed by atoms with van der Waals surface area (Å²) < 4.78 is 10.3. The fraction of sp³-hybridized carbons (Fsp3) is 0.0714. The SMILES string of the molecule is O=C(NNC(=O)c1ccc[nH]c1=O)c1ccc2c(c1)OCO2. The fourth-order valence-corrected chi connectivity index (χ4v) is 1.89. The molecule has 1 aliphatic heterocycles. The molecule has 22 heavy (non-hydrogen) atoms. The van der Waals surface area contributed by atoms with Gasteiger partial charge < -0.3 is 14.5 Å². The van der Waals surface area contributed by atoms with E-state index in [1.54, 1.807) is 6.07 Å². The molecule has 0 saturated carbocycles. The molecule has 1 aromatic carbocycles. The van der Waals surface area contributed by atoms with Crippen LogP contribution < -0.4 is 25.9 Å². The number of H-pyrrole nitrogens is 1. The number of aromatic amines is 1. The topological polar surface area (TPSA) is 110 Å². The van der Waals surface area contributed by atoms with Gasteiger partial charge in [0, 0.05) is 11.8 Å². The second-order valence-electron chi connectivity index (χ2n) is 4.39. The van der Waals surface area contributed by atoms with Crippen molar-refractivity contribution in [2.75, 3.05) is 6.79 Å². The van der Waals surface area contributed by atoms with Crippen LogP contribution in [0.3, 0.4) is 0 Å². The molecule has 2 amide bonds. The lowest BCUT2D eigenvalue weighted by atomic mass is 10.2. The summed E-state index contributed by atoms with van der Waals surface area (Å²) in [4.78, 5) is 37.6. The van der Waals surface area contributed by atoms with Gasteiger partial charge in [-0.15, -0.1) is 0 Å². The van der Waals surface area contributed by atoms with E-state index in [1.165, 1.54) is 30.5 Å². The summed E-state index contributed by atoms with van der Waals surface area (Å²) in [5.74, 6) is -0.246. The van der Waals surface area contributed by atoms with E-state index >= 15 is 0 Å². The van der Waals surface area contributed by atoms with E-state index in [2.05, 4.69) is 15.8 Å². The molecule has 2 aromatic rings. The number of fused-ring (bicyclic) bond motifs is 1. The molecule has 0 fully saturated rings. The van der Waals surface area contributed by atoms with E-state index in [-0.39, 0.29) is 17.9 Å². The highest BCUT2D eigenvalue weighted by Gasteiger charge is 2.17. The quantitative estimate of drug-likeness (QED) is 0.685. The van der Waals surface area contributed by atoms with Gasteiger partial charge in [-0.25, -0.2) is 0 Å². The number of benzene rings is 1. The summed E-state index contributed by atoms with van der Waals surface area (Å²) in [6, 6.07) is 7.49. The van der Waals surface area contributed by atoms with Crippen LogP contribution in [-0.4, -0.2) is 23.6 Å². The Bertz CT molecular complexity index is 799. The van der Waals surface area contributed by atoms with Gasteiger partial charge in [0.05, 0.1) is 0 Å². The number of hydrogen-bond acceptors (Lipinski definition) is 5. The molecule has 8 heteroatoms. The third-order valence-electron chi connectivity index (χ3n) is 2.99. The van der Waals surface area contributed by atoms with Crippen molar-refractivity contribution in [1.29, 1.82) is 0 Å². The lowest BCUT2D eigenvalue weighted by molar-refractivity contribution is 0.0845. The van der Waals surface area contributed by atoms with Crippen LogP contribution in [0.5, 0.6) is 11.5 Å². The molecule has 0 radical (unpaired) electrons. The maximum absolute atomic E-state index is 12.0. The van der Waals surface area contributed by atoms with Crippen molar-refractivity contribution in [3.63, 3.8) is 0 Å². The number of hydrazine groups is 1. The first-order valence-electron chi connectivity index (χ1n) is 6.33. The molecule has 0 unspecified atom stereocenters. The standard InChI is InChI=1S/C14H11N3O5/c18-12(8-3-4-10-11(6-8)22-7-21-10)16-17-14(20)9-2-1-5-15-13(9)19/h1-6H,7H2,(H,15,19)(H,16,18)(H,17,20). The summed E-state index contributed by atoms with van der Waals surface area (Å²) in [7, 11) is 0. The highest BCUT2D eigenvalue weighted by Crippen LogP contribution is 2.32. The van der Waals surface area contributed by atoms with Crippen molar-refractivity contribution in [1.82, 2.24) is 15.8 Å². The van der Waals surface area contributed by atoms with Crippen LogP contribution in [-0.2, 0) is 0 Å². The third-order valence-corrected chi connectivity index (χ3v) is 2.99. The summed E-state index contributed by atoms with van der Waals surface area (Å²) in [6.45, 7) is 0.105. The van der Waals surface area contributed by atoms with Crippen LogP contribution in [0.4, 0.5) is 0 Å². The molecule has 0 spiro atoms. The second-order valence-corrected chi connectivity index (χ2v) is 4.39. The minimum atomic E-state index is -0.712. The minimum Gasteiger partial charge on any atom is -0.454 e. The van der Waals surface area contributed by atoms with Crippen LogP contribution in [0.25, 0.3) is 0 Å². The molecule has 0 atom stereocenters. The zero-order chi connectivity index (χ0) is 15.5. The van der Waals surface area contributed by atoms with Gasteiger partial charge in [0.1, 0.15) is 5.56 Å². The number of hydrogen-bond donors (Lipinski definition) is 3. The zero-order valence-corrected chi connectivity index (χ0v) is 11.2. The van der Waals surface area contributed by atoms with Crippen LogP contribution in [0.1, 0.15) is 20.7 Å². The van der Waals surface area contributed by atoms with E-state index in [4.69, 9.17) is 9.47 Å². The average molecular weight is 301 g/mol. The molecule has 2 heterocycles. The average Bonchev–Trinajstić information content (AvgIpc) is 3.00. The summed E-state index contributed by atoms with van der Waals surface area (Å²) in [6.07, 6.45) is 1.41. The van der Waals surface area contributed by atoms with Crippen molar-refractivity contribution in [2.45, 2.75) is 0 Å².